The molecule has 1 nitrogen and oxygen atoms in total. The van der Waals surface area contributed by atoms with Crippen molar-refractivity contribution in [3.05, 3.63) is 24.4 Å². The summed E-state index contributed by atoms with van der Waals surface area (Å²) in [4.78, 5) is 0. The third-order valence-electron chi connectivity index (χ3n) is 3.21. The van der Waals surface area contributed by atoms with Gasteiger partial charge < -0.3 is 5.32 Å². The highest BCUT2D eigenvalue weighted by Crippen LogP contribution is 2.45. The molecule has 0 aromatic heterocycles. The minimum atomic E-state index is 0.570. The van der Waals surface area contributed by atoms with Crippen LogP contribution in [0.15, 0.2) is 24.4 Å². The van der Waals surface area contributed by atoms with Crippen molar-refractivity contribution in [2.45, 2.75) is 46.1 Å². The van der Waals surface area contributed by atoms with Crippen LogP contribution in [0.3, 0.4) is 0 Å². The van der Waals surface area contributed by atoms with E-state index < -0.39 is 0 Å². The van der Waals surface area contributed by atoms with E-state index in [1.807, 2.05) is 0 Å². The second kappa shape index (κ2) is 5.23. The number of nitrogens with one attached hydrogen (secondary N) is 1. The highest BCUT2D eigenvalue weighted by Gasteiger charge is 2.36. The van der Waals surface area contributed by atoms with Gasteiger partial charge in [-0.15, -0.1) is 0 Å². The fourth-order valence-electron chi connectivity index (χ4n) is 1.71. The first kappa shape index (κ1) is 11.4. The Hall–Kier alpha value is -0.720. The summed E-state index contributed by atoms with van der Waals surface area (Å²) in [6, 6.07) is 0.570. The molecule has 1 saturated carbocycles. The van der Waals surface area contributed by atoms with Gasteiger partial charge in [0.15, 0.2) is 0 Å². The lowest BCUT2D eigenvalue weighted by Crippen LogP contribution is -2.18. The summed E-state index contributed by atoms with van der Waals surface area (Å²) < 4.78 is 0. The van der Waals surface area contributed by atoms with Crippen molar-refractivity contribution in [3.63, 3.8) is 0 Å². The number of allylic oxidation sites excluding steroid dienone is 2. The first-order valence-electron chi connectivity index (χ1n) is 5.80. The largest absolute Gasteiger partial charge is 0.388 e. The van der Waals surface area contributed by atoms with E-state index >= 15 is 0 Å². The standard InChI is InChI=1S/C13H23N/c1-5-11(4)14-8-7-10(3)13-9-12(13)6-2/h7-8,11-14H,3,5-6,9H2,1-2,4H3/b8-7-. The number of hydrogen-bond donors (Lipinski definition) is 1. The lowest BCUT2D eigenvalue weighted by molar-refractivity contribution is 0.618. The number of hydrogen-bond acceptors (Lipinski definition) is 1. The molecule has 0 radical (unpaired) electrons. The summed E-state index contributed by atoms with van der Waals surface area (Å²) in [5, 5.41) is 3.34. The Bertz CT molecular complexity index is 217. The lowest BCUT2D eigenvalue weighted by Gasteiger charge is -2.07. The van der Waals surface area contributed by atoms with Crippen molar-refractivity contribution < 1.29 is 0 Å². The average molecular weight is 193 g/mol. The molecule has 0 saturated heterocycles. The van der Waals surface area contributed by atoms with Crippen LogP contribution in [-0.2, 0) is 0 Å². The van der Waals surface area contributed by atoms with Crippen LogP contribution in [0.2, 0.25) is 0 Å². The zero-order chi connectivity index (χ0) is 10.6. The Kier molecular flexibility index (Phi) is 4.24. The SMILES string of the molecule is C=C(/C=C\NC(C)CC)C1CC1CC. The molecule has 0 amide bonds. The van der Waals surface area contributed by atoms with Gasteiger partial charge in [0.25, 0.3) is 0 Å². The van der Waals surface area contributed by atoms with Crippen LogP contribution in [-0.4, -0.2) is 6.04 Å². The molecular weight excluding hydrogens is 170 g/mol. The smallest absolute Gasteiger partial charge is 0.0224 e. The van der Waals surface area contributed by atoms with Crippen LogP contribution in [0.1, 0.15) is 40.0 Å². The van der Waals surface area contributed by atoms with Gasteiger partial charge in [-0.3, -0.25) is 0 Å². The zero-order valence-electron chi connectivity index (χ0n) is 9.72. The Morgan fingerprint density at radius 2 is 2.29 bits per heavy atom. The molecule has 1 N–H and O–H groups in total. The zero-order valence-corrected chi connectivity index (χ0v) is 9.72. The van der Waals surface area contributed by atoms with E-state index in [4.69, 9.17) is 0 Å². The van der Waals surface area contributed by atoms with Gasteiger partial charge in [0.1, 0.15) is 0 Å². The third kappa shape index (κ3) is 3.21. The van der Waals surface area contributed by atoms with E-state index in [0.29, 0.717) is 6.04 Å². The molecule has 0 aliphatic heterocycles. The molecule has 0 spiro atoms. The molecule has 80 valence electrons. The van der Waals surface area contributed by atoms with E-state index in [-0.39, 0.29) is 0 Å². The van der Waals surface area contributed by atoms with E-state index in [9.17, 15) is 0 Å². The average Bonchev–Trinajstić information content (AvgIpc) is 2.96. The first-order chi connectivity index (χ1) is 6.69. The second-order valence-electron chi connectivity index (χ2n) is 4.39. The van der Waals surface area contributed by atoms with Crippen LogP contribution in [0.4, 0.5) is 0 Å². The van der Waals surface area contributed by atoms with Crippen molar-refractivity contribution in [1.82, 2.24) is 5.32 Å². The molecule has 0 aromatic carbocycles. The van der Waals surface area contributed by atoms with Crippen LogP contribution < -0.4 is 5.32 Å². The fourth-order valence-corrected chi connectivity index (χ4v) is 1.71. The fraction of sp³-hybridized carbons (Fsp3) is 0.692. The molecule has 1 aliphatic rings. The van der Waals surface area contributed by atoms with Gasteiger partial charge in [-0.05, 0) is 43.9 Å². The highest BCUT2D eigenvalue weighted by molar-refractivity contribution is 5.23. The Labute approximate surface area is 88.3 Å². The molecular formula is C13H23N. The van der Waals surface area contributed by atoms with Gasteiger partial charge in [-0.2, -0.15) is 0 Å². The monoisotopic (exact) mass is 193 g/mol. The van der Waals surface area contributed by atoms with E-state index in [0.717, 1.165) is 18.3 Å². The third-order valence-corrected chi connectivity index (χ3v) is 3.21. The summed E-state index contributed by atoms with van der Waals surface area (Å²) in [5.41, 5.74) is 1.30. The maximum absolute atomic E-state index is 4.11. The van der Waals surface area contributed by atoms with E-state index in [1.165, 1.54) is 18.4 Å². The highest BCUT2D eigenvalue weighted by atomic mass is 14.9. The van der Waals surface area contributed by atoms with Gasteiger partial charge >= 0.3 is 0 Å². The van der Waals surface area contributed by atoms with Crippen LogP contribution in [0.25, 0.3) is 0 Å². The Balaban J connectivity index is 2.21. The quantitative estimate of drug-likeness (QED) is 0.637. The van der Waals surface area contributed by atoms with Crippen molar-refractivity contribution in [2.75, 3.05) is 0 Å². The van der Waals surface area contributed by atoms with Crippen LogP contribution >= 0.6 is 0 Å². The summed E-state index contributed by atoms with van der Waals surface area (Å²) in [6.45, 7) is 10.8. The molecule has 3 unspecified atom stereocenters. The minimum Gasteiger partial charge on any atom is -0.388 e. The summed E-state index contributed by atoms with van der Waals surface area (Å²) in [6.07, 6.45) is 8.02. The van der Waals surface area contributed by atoms with Crippen molar-refractivity contribution in [1.29, 1.82) is 0 Å². The summed E-state index contributed by atoms with van der Waals surface area (Å²) in [7, 11) is 0. The summed E-state index contributed by atoms with van der Waals surface area (Å²) in [5.74, 6) is 1.69. The van der Waals surface area contributed by atoms with Crippen molar-refractivity contribution >= 4 is 0 Å². The maximum Gasteiger partial charge on any atom is 0.0224 e. The minimum absolute atomic E-state index is 0.570. The first-order valence-corrected chi connectivity index (χ1v) is 5.80. The molecule has 1 rings (SSSR count). The van der Waals surface area contributed by atoms with Crippen molar-refractivity contribution in [3.8, 4) is 0 Å². The second-order valence-corrected chi connectivity index (χ2v) is 4.39. The van der Waals surface area contributed by atoms with Gasteiger partial charge in [-0.1, -0.05) is 32.4 Å². The van der Waals surface area contributed by atoms with Gasteiger partial charge in [0, 0.05) is 6.04 Å². The van der Waals surface area contributed by atoms with Crippen LogP contribution in [0, 0.1) is 11.8 Å². The maximum atomic E-state index is 4.11. The molecule has 14 heavy (non-hydrogen) atoms. The van der Waals surface area contributed by atoms with Gasteiger partial charge in [0.05, 0.1) is 0 Å². The number of rotatable bonds is 6. The van der Waals surface area contributed by atoms with E-state index in [2.05, 4.69) is 44.9 Å². The Morgan fingerprint density at radius 1 is 1.57 bits per heavy atom. The molecule has 0 aromatic rings. The predicted octanol–water partition coefficient (Wildman–Crippen LogP) is 3.49. The molecule has 3 atom stereocenters. The lowest BCUT2D eigenvalue weighted by atomic mass is 10.1. The topological polar surface area (TPSA) is 12.0 Å². The molecule has 1 heteroatoms. The Morgan fingerprint density at radius 3 is 2.79 bits per heavy atom. The van der Waals surface area contributed by atoms with Crippen LogP contribution in [0.5, 0.6) is 0 Å². The molecule has 1 aliphatic carbocycles. The molecule has 0 bridgehead atoms. The van der Waals surface area contributed by atoms with E-state index in [1.54, 1.807) is 0 Å². The predicted molar refractivity (Wildman–Crippen MR) is 63.1 cm³/mol. The molecule has 1 fully saturated rings. The molecule has 0 heterocycles. The van der Waals surface area contributed by atoms with Crippen molar-refractivity contribution in [2.24, 2.45) is 11.8 Å². The van der Waals surface area contributed by atoms with Gasteiger partial charge in [-0.25, -0.2) is 0 Å². The normalized spacial score (nSPS) is 27.6. The van der Waals surface area contributed by atoms with Gasteiger partial charge in [0.2, 0.25) is 0 Å². The summed E-state index contributed by atoms with van der Waals surface area (Å²) >= 11 is 0.